The van der Waals surface area contributed by atoms with Crippen LogP contribution in [0.4, 0.5) is 10.1 Å². The number of sulfonamides is 1. The Labute approximate surface area is 119 Å². The number of halogens is 1. The summed E-state index contributed by atoms with van der Waals surface area (Å²) in [5.41, 5.74) is -1.97. The monoisotopic (exact) mass is 320 g/mol. The van der Waals surface area contributed by atoms with Gasteiger partial charge in [0.25, 0.3) is 5.69 Å². The molecule has 0 radical (unpaired) electrons. The molecule has 116 valence electrons. The Balaban J connectivity index is 3.04. The van der Waals surface area contributed by atoms with Gasteiger partial charge in [-0.05, 0) is 19.9 Å². The molecule has 0 bridgehead atoms. The van der Waals surface area contributed by atoms with Crippen molar-refractivity contribution >= 4 is 21.7 Å². The fraction of sp³-hybridized carbons (Fsp3) is 0.364. The van der Waals surface area contributed by atoms with Crippen LogP contribution in [0, 0.1) is 21.3 Å². The summed E-state index contributed by atoms with van der Waals surface area (Å²) in [6.07, 6.45) is 0. The Bertz CT molecular complexity index is 686. The zero-order chi connectivity index (χ0) is 16.4. The first-order valence-corrected chi connectivity index (χ1v) is 7.13. The minimum absolute atomic E-state index is 0.457. The number of carboxylic acids is 1. The van der Waals surface area contributed by atoms with Crippen molar-refractivity contribution in [2.24, 2.45) is 5.41 Å². The van der Waals surface area contributed by atoms with Gasteiger partial charge in [-0.15, -0.1) is 0 Å². The number of nitrogens with zero attached hydrogens (tertiary/aromatic N) is 1. The molecular formula is C11H13FN2O6S. The second-order valence-electron chi connectivity index (χ2n) is 4.89. The average molecular weight is 320 g/mol. The molecule has 0 aromatic heterocycles. The maximum Gasteiger partial charge on any atom is 0.310 e. The predicted molar refractivity (Wildman–Crippen MR) is 69.7 cm³/mol. The molecule has 0 aliphatic heterocycles. The van der Waals surface area contributed by atoms with Crippen LogP contribution in [0.1, 0.15) is 13.8 Å². The largest absolute Gasteiger partial charge is 0.481 e. The number of rotatable bonds is 6. The van der Waals surface area contributed by atoms with Crippen LogP contribution in [0.5, 0.6) is 0 Å². The number of nitro groups is 1. The maximum absolute atomic E-state index is 13.6. The molecular weight excluding hydrogens is 307 g/mol. The highest BCUT2D eigenvalue weighted by Gasteiger charge is 2.30. The van der Waals surface area contributed by atoms with Gasteiger partial charge < -0.3 is 5.11 Å². The first kappa shape index (κ1) is 17.0. The van der Waals surface area contributed by atoms with Crippen LogP contribution in [0.3, 0.4) is 0 Å². The molecule has 0 atom stereocenters. The second kappa shape index (κ2) is 5.74. The predicted octanol–water partition coefficient (Wildman–Crippen LogP) is 1.12. The second-order valence-corrected chi connectivity index (χ2v) is 6.62. The summed E-state index contributed by atoms with van der Waals surface area (Å²) in [6.45, 7) is 2.13. The van der Waals surface area contributed by atoms with Gasteiger partial charge in [-0.3, -0.25) is 14.9 Å². The highest BCUT2D eigenvalue weighted by Crippen LogP contribution is 2.21. The van der Waals surface area contributed by atoms with Crippen molar-refractivity contribution in [3.63, 3.8) is 0 Å². The first-order valence-electron chi connectivity index (χ1n) is 5.64. The van der Waals surface area contributed by atoms with Gasteiger partial charge in [0.2, 0.25) is 10.0 Å². The number of aliphatic carboxylic acids is 1. The van der Waals surface area contributed by atoms with E-state index in [-0.39, 0.29) is 0 Å². The van der Waals surface area contributed by atoms with Crippen LogP contribution >= 0.6 is 0 Å². The van der Waals surface area contributed by atoms with Gasteiger partial charge >= 0.3 is 5.97 Å². The van der Waals surface area contributed by atoms with Gasteiger partial charge in [0.1, 0.15) is 10.7 Å². The van der Waals surface area contributed by atoms with Crippen LogP contribution in [0.25, 0.3) is 0 Å². The molecule has 0 amide bonds. The van der Waals surface area contributed by atoms with Crippen LogP contribution in [0.2, 0.25) is 0 Å². The number of carboxylic acid groups (broad SMARTS) is 1. The number of non-ortho nitro benzene ring substituents is 1. The lowest BCUT2D eigenvalue weighted by atomic mass is 9.95. The summed E-state index contributed by atoms with van der Waals surface area (Å²) in [5.74, 6) is -2.51. The fourth-order valence-electron chi connectivity index (χ4n) is 1.25. The Morgan fingerprint density at radius 3 is 2.48 bits per heavy atom. The molecule has 10 heteroatoms. The lowest BCUT2D eigenvalue weighted by Crippen LogP contribution is -2.39. The summed E-state index contributed by atoms with van der Waals surface area (Å²) < 4.78 is 39.4. The van der Waals surface area contributed by atoms with Crippen LogP contribution in [0.15, 0.2) is 23.1 Å². The Kier molecular flexibility index (Phi) is 4.64. The molecule has 0 aliphatic carbocycles. The highest BCUT2D eigenvalue weighted by molar-refractivity contribution is 7.89. The summed E-state index contributed by atoms with van der Waals surface area (Å²) >= 11 is 0. The van der Waals surface area contributed by atoms with Crippen LogP contribution in [-0.4, -0.2) is 31.0 Å². The van der Waals surface area contributed by atoms with Gasteiger partial charge in [0, 0.05) is 12.6 Å². The lowest BCUT2D eigenvalue weighted by Gasteiger charge is -2.19. The molecule has 0 saturated heterocycles. The Hall–Kier alpha value is -2.07. The number of nitro benzene ring substituents is 1. The molecule has 0 saturated carbocycles. The molecule has 0 fully saturated rings. The lowest BCUT2D eigenvalue weighted by molar-refractivity contribution is -0.385. The van der Waals surface area contributed by atoms with E-state index < -0.39 is 49.3 Å². The third kappa shape index (κ3) is 3.95. The smallest absolute Gasteiger partial charge is 0.310 e. The Morgan fingerprint density at radius 2 is 2.05 bits per heavy atom. The standard InChI is InChI=1S/C11H13FN2O6S/c1-11(2,10(15)16)6-13-21(19,20)9-4-3-7(14(17)18)5-8(9)12/h3-5,13H,6H2,1-2H3,(H,15,16). The van der Waals surface area contributed by atoms with Gasteiger partial charge in [0.05, 0.1) is 16.4 Å². The van der Waals surface area contributed by atoms with E-state index in [0.717, 1.165) is 12.1 Å². The Morgan fingerprint density at radius 1 is 1.48 bits per heavy atom. The van der Waals surface area contributed by atoms with Crippen molar-refractivity contribution in [2.45, 2.75) is 18.7 Å². The summed E-state index contributed by atoms with van der Waals surface area (Å²) in [6, 6.07) is 2.08. The van der Waals surface area contributed by atoms with E-state index >= 15 is 0 Å². The zero-order valence-electron chi connectivity index (χ0n) is 11.2. The molecule has 0 unspecified atom stereocenters. The molecule has 1 aromatic rings. The van der Waals surface area contributed by atoms with E-state index in [2.05, 4.69) is 0 Å². The SMILES string of the molecule is CC(C)(CNS(=O)(=O)c1ccc([N+](=O)[O-])cc1F)C(=O)O. The highest BCUT2D eigenvalue weighted by atomic mass is 32.2. The zero-order valence-corrected chi connectivity index (χ0v) is 12.0. The molecule has 0 heterocycles. The molecule has 2 N–H and O–H groups in total. The summed E-state index contributed by atoms with van der Waals surface area (Å²) in [7, 11) is -4.31. The molecule has 0 aliphatic rings. The van der Waals surface area contributed by atoms with Gasteiger partial charge in [0.15, 0.2) is 0 Å². The summed E-state index contributed by atoms with van der Waals surface area (Å²) in [4.78, 5) is 19.7. The molecule has 8 nitrogen and oxygen atoms in total. The van der Waals surface area contributed by atoms with Crippen molar-refractivity contribution in [1.82, 2.24) is 4.72 Å². The quantitative estimate of drug-likeness (QED) is 0.597. The molecule has 1 aromatic carbocycles. The number of benzene rings is 1. The third-order valence-electron chi connectivity index (χ3n) is 2.70. The van der Waals surface area contributed by atoms with E-state index in [1.165, 1.54) is 13.8 Å². The summed E-state index contributed by atoms with van der Waals surface area (Å²) in [5, 5.41) is 19.3. The minimum Gasteiger partial charge on any atom is -0.481 e. The van der Waals surface area contributed by atoms with Crippen molar-refractivity contribution < 1.29 is 27.6 Å². The number of carbonyl (C=O) groups is 1. The minimum atomic E-state index is -4.31. The fourth-order valence-corrected chi connectivity index (χ4v) is 2.52. The van der Waals surface area contributed by atoms with E-state index in [1.54, 1.807) is 0 Å². The van der Waals surface area contributed by atoms with Crippen LogP contribution in [-0.2, 0) is 14.8 Å². The van der Waals surface area contributed by atoms with E-state index in [9.17, 15) is 27.7 Å². The number of hydrogen-bond donors (Lipinski definition) is 2. The molecule has 0 spiro atoms. The van der Waals surface area contributed by atoms with E-state index in [1.807, 2.05) is 4.72 Å². The average Bonchev–Trinajstić information content (AvgIpc) is 2.36. The normalized spacial score (nSPS) is 12.1. The van der Waals surface area contributed by atoms with Crippen molar-refractivity contribution in [3.8, 4) is 0 Å². The van der Waals surface area contributed by atoms with Crippen molar-refractivity contribution in [3.05, 3.63) is 34.1 Å². The van der Waals surface area contributed by atoms with Crippen molar-refractivity contribution in [1.29, 1.82) is 0 Å². The molecule has 1 rings (SSSR count). The first-order chi connectivity index (χ1) is 9.47. The van der Waals surface area contributed by atoms with Gasteiger partial charge in [-0.25, -0.2) is 17.5 Å². The number of nitrogens with one attached hydrogen (secondary N) is 1. The van der Waals surface area contributed by atoms with E-state index in [4.69, 9.17) is 5.11 Å². The number of hydrogen-bond acceptors (Lipinski definition) is 5. The van der Waals surface area contributed by atoms with Gasteiger partial charge in [-0.2, -0.15) is 0 Å². The molecule has 21 heavy (non-hydrogen) atoms. The topological polar surface area (TPSA) is 127 Å². The van der Waals surface area contributed by atoms with Crippen molar-refractivity contribution in [2.75, 3.05) is 6.54 Å². The third-order valence-corrected chi connectivity index (χ3v) is 4.13. The van der Waals surface area contributed by atoms with Crippen LogP contribution < -0.4 is 4.72 Å². The van der Waals surface area contributed by atoms with E-state index in [0.29, 0.717) is 6.07 Å². The van der Waals surface area contributed by atoms with Gasteiger partial charge in [-0.1, -0.05) is 0 Å². The maximum atomic E-state index is 13.6.